The molecule has 6 heteroatoms. The van der Waals surface area contributed by atoms with Gasteiger partial charge in [-0.05, 0) is 42.5 Å². The Bertz CT molecular complexity index is 756. The van der Waals surface area contributed by atoms with Crippen LogP contribution in [0, 0.1) is 5.82 Å². The van der Waals surface area contributed by atoms with Crippen LogP contribution in [0.2, 0.25) is 0 Å². The van der Waals surface area contributed by atoms with Gasteiger partial charge in [-0.15, -0.1) is 0 Å². The third-order valence-electron chi connectivity index (χ3n) is 3.21. The Balaban J connectivity index is 1.92. The molecule has 0 spiro atoms. The Kier molecular flexibility index (Phi) is 5.78. The normalized spacial score (nSPS) is 10.1. The highest BCUT2D eigenvalue weighted by atomic mass is 19.1. The van der Waals surface area contributed by atoms with Crippen LogP contribution >= 0.6 is 0 Å². The van der Waals surface area contributed by atoms with Gasteiger partial charge in [-0.3, -0.25) is 9.59 Å². The summed E-state index contributed by atoms with van der Waals surface area (Å²) in [5.74, 6) is -1.85. The topological polar surface area (TPSA) is 72.5 Å². The van der Waals surface area contributed by atoms with E-state index in [0.717, 1.165) is 6.07 Å². The number of anilines is 1. The maximum absolute atomic E-state index is 13.0. The largest absolute Gasteiger partial charge is 0.454 e. The average molecular weight is 329 g/mol. The van der Waals surface area contributed by atoms with Gasteiger partial charge < -0.3 is 10.1 Å². The summed E-state index contributed by atoms with van der Waals surface area (Å²) in [6.07, 6.45) is 0.358. The second-order valence-electron chi connectivity index (χ2n) is 4.99. The number of carbonyl (C=O) groups excluding carboxylic acids is 3. The molecule has 0 saturated heterocycles. The molecular formula is C18H16FNO4. The number of hydrogen-bond acceptors (Lipinski definition) is 4. The minimum Gasteiger partial charge on any atom is -0.454 e. The van der Waals surface area contributed by atoms with Crippen molar-refractivity contribution in [3.05, 3.63) is 65.5 Å². The highest BCUT2D eigenvalue weighted by Gasteiger charge is 2.12. The molecular weight excluding hydrogens is 313 g/mol. The molecule has 1 N–H and O–H groups in total. The summed E-state index contributed by atoms with van der Waals surface area (Å²) in [5.41, 5.74) is 0.965. The molecule has 0 radical (unpaired) electrons. The number of Topliss-reactive ketones (excluding diaryl/α,β-unsaturated/α-hetero) is 1. The van der Waals surface area contributed by atoms with Crippen LogP contribution < -0.4 is 5.32 Å². The van der Waals surface area contributed by atoms with E-state index in [0.29, 0.717) is 17.7 Å². The summed E-state index contributed by atoms with van der Waals surface area (Å²) in [4.78, 5) is 35.0. The van der Waals surface area contributed by atoms with Crippen molar-refractivity contribution in [1.82, 2.24) is 0 Å². The summed E-state index contributed by atoms with van der Waals surface area (Å²) in [7, 11) is 0. The molecule has 0 fully saturated rings. The second-order valence-corrected chi connectivity index (χ2v) is 4.99. The smallest absolute Gasteiger partial charge is 0.338 e. The molecule has 0 unspecified atom stereocenters. The van der Waals surface area contributed by atoms with Gasteiger partial charge in [0.2, 0.25) is 5.91 Å². The Labute approximate surface area is 138 Å². The van der Waals surface area contributed by atoms with Gasteiger partial charge in [-0.2, -0.15) is 0 Å². The number of carbonyl (C=O) groups is 3. The van der Waals surface area contributed by atoms with E-state index in [1.165, 1.54) is 30.3 Å². The van der Waals surface area contributed by atoms with Crippen molar-refractivity contribution in [2.75, 3.05) is 11.9 Å². The number of ether oxygens (including phenoxy) is 1. The number of amides is 1. The van der Waals surface area contributed by atoms with E-state index in [-0.39, 0.29) is 11.5 Å². The van der Waals surface area contributed by atoms with Crippen molar-refractivity contribution in [2.24, 2.45) is 0 Å². The van der Waals surface area contributed by atoms with Crippen LogP contribution in [-0.2, 0) is 9.53 Å². The first-order valence-electron chi connectivity index (χ1n) is 7.35. The van der Waals surface area contributed by atoms with Crippen molar-refractivity contribution >= 4 is 23.3 Å². The molecule has 5 nitrogen and oxygen atoms in total. The Morgan fingerprint density at radius 2 is 1.75 bits per heavy atom. The van der Waals surface area contributed by atoms with Gasteiger partial charge >= 0.3 is 5.97 Å². The lowest BCUT2D eigenvalue weighted by molar-refractivity contribution is -0.115. The van der Waals surface area contributed by atoms with Gasteiger partial charge in [-0.25, -0.2) is 9.18 Å². The molecule has 0 atom stereocenters. The summed E-state index contributed by atoms with van der Waals surface area (Å²) in [5, 5.41) is 2.66. The van der Waals surface area contributed by atoms with Crippen LogP contribution in [-0.4, -0.2) is 24.3 Å². The van der Waals surface area contributed by atoms with Gasteiger partial charge in [0.15, 0.2) is 12.4 Å². The Morgan fingerprint density at radius 1 is 1.04 bits per heavy atom. The highest BCUT2D eigenvalue weighted by molar-refractivity contribution is 6.00. The number of ketones is 1. The maximum Gasteiger partial charge on any atom is 0.338 e. The fraction of sp³-hybridized carbons (Fsp3) is 0.167. The predicted octanol–water partition coefficient (Wildman–Crippen LogP) is 3.21. The maximum atomic E-state index is 13.0. The van der Waals surface area contributed by atoms with E-state index in [1.54, 1.807) is 19.1 Å². The lowest BCUT2D eigenvalue weighted by Gasteiger charge is -2.06. The lowest BCUT2D eigenvalue weighted by Crippen LogP contribution is -2.14. The van der Waals surface area contributed by atoms with Crippen LogP contribution in [0.1, 0.15) is 34.1 Å². The molecule has 2 aromatic rings. The molecule has 2 aromatic carbocycles. The van der Waals surface area contributed by atoms with Crippen molar-refractivity contribution < 1.29 is 23.5 Å². The zero-order chi connectivity index (χ0) is 17.5. The second kappa shape index (κ2) is 8.01. The fourth-order valence-corrected chi connectivity index (χ4v) is 1.90. The first-order valence-corrected chi connectivity index (χ1v) is 7.35. The van der Waals surface area contributed by atoms with Crippen LogP contribution in [0.4, 0.5) is 10.1 Å². The molecule has 2 rings (SSSR count). The first kappa shape index (κ1) is 17.3. The highest BCUT2D eigenvalue weighted by Crippen LogP contribution is 2.11. The monoisotopic (exact) mass is 329 g/mol. The molecule has 0 heterocycles. The van der Waals surface area contributed by atoms with Crippen molar-refractivity contribution in [2.45, 2.75) is 13.3 Å². The molecule has 0 aromatic heterocycles. The van der Waals surface area contributed by atoms with Crippen molar-refractivity contribution in [1.29, 1.82) is 0 Å². The standard InChI is InChI=1S/C18H16FNO4/c1-2-17(22)20-15-8-6-12(7-9-15)16(21)11-24-18(23)13-4-3-5-14(19)10-13/h3-10H,2,11H2,1H3,(H,20,22). The Morgan fingerprint density at radius 3 is 2.38 bits per heavy atom. The first-order chi connectivity index (χ1) is 11.5. The third-order valence-corrected chi connectivity index (χ3v) is 3.21. The minimum absolute atomic E-state index is 0.0421. The van der Waals surface area contributed by atoms with E-state index in [1.807, 2.05) is 0 Å². The van der Waals surface area contributed by atoms with Crippen LogP contribution in [0.5, 0.6) is 0 Å². The van der Waals surface area contributed by atoms with Gasteiger partial charge in [-0.1, -0.05) is 13.0 Å². The van der Waals surface area contributed by atoms with E-state index >= 15 is 0 Å². The van der Waals surface area contributed by atoms with Gasteiger partial charge in [0.25, 0.3) is 0 Å². The molecule has 0 aliphatic heterocycles. The van der Waals surface area contributed by atoms with E-state index in [9.17, 15) is 18.8 Å². The van der Waals surface area contributed by atoms with Gasteiger partial charge in [0.05, 0.1) is 5.56 Å². The Hall–Kier alpha value is -3.02. The van der Waals surface area contributed by atoms with Crippen LogP contribution in [0.3, 0.4) is 0 Å². The summed E-state index contributed by atoms with van der Waals surface area (Å²) in [6, 6.07) is 11.3. The predicted molar refractivity (Wildman–Crippen MR) is 86.4 cm³/mol. The molecule has 0 saturated carbocycles. The molecule has 1 amide bonds. The summed E-state index contributed by atoms with van der Waals surface area (Å²) in [6.45, 7) is 1.29. The van der Waals surface area contributed by atoms with Gasteiger partial charge in [0, 0.05) is 17.7 Å². The zero-order valence-electron chi connectivity index (χ0n) is 13.0. The van der Waals surface area contributed by atoms with Crippen LogP contribution in [0.25, 0.3) is 0 Å². The zero-order valence-corrected chi connectivity index (χ0v) is 13.0. The summed E-state index contributed by atoms with van der Waals surface area (Å²) < 4.78 is 17.9. The summed E-state index contributed by atoms with van der Waals surface area (Å²) >= 11 is 0. The van der Waals surface area contributed by atoms with Crippen molar-refractivity contribution in [3.63, 3.8) is 0 Å². The fourth-order valence-electron chi connectivity index (χ4n) is 1.90. The van der Waals surface area contributed by atoms with Crippen molar-refractivity contribution in [3.8, 4) is 0 Å². The minimum atomic E-state index is -0.769. The number of esters is 1. The van der Waals surface area contributed by atoms with E-state index in [4.69, 9.17) is 4.74 Å². The number of halogens is 1. The average Bonchev–Trinajstić information content (AvgIpc) is 2.59. The molecule has 0 aliphatic rings. The number of rotatable bonds is 6. The molecule has 124 valence electrons. The lowest BCUT2D eigenvalue weighted by atomic mass is 10.1. The van der Waals surface area contributed by atoms with Crippen LogP contribution in [0.15, 0.2) is 48.5 Å². The molecule has 24 heavy (non-hydrogen) atoms. The number of nitrogens with one attached hydrogen (secondary N) is 1. The van der Waals surface area contributed by atoms with E-state index < -0.39 is 24.2 Å². The third kappa shape index (κ3) is 4.74. The number of benzene rings is 2. The van der Waals surface area contributed by atoms with Gasteiger partial charge in [0.1, 0.15) is 5.82 Å². The molecule has 0 bridgehead atoms. The quantitative estimate of drug-likeness (QED) is 0.652. The SMILES string of the molecule is CCC(=O)Nc1ccc(C(=O)COC(=O)c2cccc(F)c2)cc1. The van der Waals surface area contributed by atoms with E-state index in [2.05, 4.69) is 5.32 Å². The number of hydrogen-bond donors (Lipinski definition) is 1. The molecule has 0 aliphatic carbocycles.